The van der Waals surface area contributed by atoms with Crippen molar-refractivity contribution in [1.82, 2.24) is 4.98 Å². The fourth-order valence-electron chi connectivity index (χ4n) is 2.28. The fourth-order valence-corrected chi connectivity index (χ4v) is 3.66. The van der Waals surface area contributed by atoms with Crippen LogP contribution in [0.5, 0.6) is 5.75 Å². The number of para-hydroxylation sites is 1. The van der Waals surface area contributed by atoms with Crippen LogP contribution in [-0.2, 0) is 10.0 Å². The molecule has 1 N–H and O–H groups in total. The van der Waals surface area contributed by atoms with E-state index in [0.717, 1.165) is 0 Å². The van der Waals surface area contributed by atoms with Gasteiger partial charge in [0.25, 0.3) is 10.0 Å². The first kappa shape index (κ1) is 14.3. The number of phenolic OH excluding ortho intramolecular Hbond substituents is 1. The summed E-state index contributed by atoms with van der Waals surface area (Å²) in [6.45, 7) is 0. The smallest absolute Gasteiger partial charge is 0.264 e. The molecule has 0 radical (unpaired) electrons. The van der Waals surface area contributed by atoms with Crippen LogP contribution in [-0.4, -0.2) is 25.6 Å². The zero-order valence-electron chi connectivity index (χ0n) is 11.8. The number of aromatic hydroxyl groups is 1. The minimum Gasteiger partial charge on any atom is -0.506 e. The van der Waals surface area contributed by atoms with Crippen LogP contribution >= 0.6 is 0 Å². The molecule has 3 aromatic rings. The third-order valence-corrected chi connectivity index (χ3v) is 5.31. The lowest BCUT2D eigenvalue weighted by Gasteiger charge is -2.20. The Labute approximate surface area is 128 Å². The highest BCUT2D eigenvalue weighted by Gasteiger charge is 2.24. The van der Waals surface area contributed by atoms with Crippen molar-refractivity contribution < 1.29 is 13.5 Å². The molecule has 0 fully saturated rings. The van der Waals surface area contributed by atoms with Gasteiger partial charge in [-0.2, -0.15) is 0 Å². The van der Waals surface area contributed by atoms with Gasteiger partial charge in [0.1, 0.15) is 11.3 Å². The van der Waals surface area contributed by atoms with E-state index in [0.29, 0.717) is 11.1 Å². The Kier molecular flexibility index (Phi) is 3.46. The molecule has 1 aromatic heterocycles. The second kappa shape index (κ2) is 5.31. The first-order valence-electron chi connectivity index (χ1n) is 6.62. The number of fused-ring (bicyclic) bond motifs is 1. The summed E-state index contributed by atoms with van der Waals surface area (Å²) in [6, 6.07) is 14.8. The van der Waals surface area contributed by atoms with Crippen molar-refractivity contribution >= 4 is 26.6 Å². The highest BCUT2D eigenvalue weighted by Crippen LogP contribution is 2.31. The zero-order chi connectivity index (χ0) is 15.7. The summed E-state index contributed by atoms with van der Waals surface area (Å²) in [5.74, 6) is -0.0445. The van der Waals surface area contributed by atoms with Gasteiger partial charge in [-0.05, 0) is 36.4 Å². The fraction of sp³-hybridized carbons (Fsp3) is 0.0625. The number of hydrogen-bond acceptors (Lipinski definition) is 4. The average molecular weight is 314 g/mol. The lowest BCUT2D eigenvalue weighted by molar-refractivity contribution is 0.480. The SMILES string of the molecule is CN(c1ccccc1)S(=O)(=O)c1ccc(O)c2ncccc12. The first-order valence-corrected chi connectivity index (χ1v) is 8.06. The number of anilines is 1. The molecular formula is C16H14N2O3S. The average Bonchev–Trinajstić information content (AvgIpc) is 2.55. The molecule has 0 atom stereocenters. The number of phenols is 1. The zero-order valence-corrected chi connectivity index (χ0v) is 12.7. The van der Waals surface area contributed by atoms with Gasteiger partial charge < -0.3 is 5.11 Å². The van der Waals surface area contributed by atoms with Crippen molar-refractivity contribution in [2.45, 2.75) is 4.90 Å². The van der Waals surface area contributed by atoms with Gasteiger partial charge in [0, 0.05) is 18.6 Å². The number of hydrogen-bond donors (Lipinski definition) is 1. The molecule has 22 heavy (non-hydrogen) atoms. The van der Waals surface area contributed by atoms with Gasteiger partial charge in [-0.3, -0.25) is 9.29 Å². The first-order chi connectivity index (χ1) is 10.5. The summed E-state index contributed by atoms with van der Waals surface area (Å²) >= 11 is 0. The number of benzene rings is 2. The molecule has 0 aliphatic carbocycles. The Morgan fingerprint density at radius 3 is 2.45 bits per heavy atom. The van der Waals surface area contributed by atoms with Gasteiger partial charge in [-0.25, -0.2) is 8.42 Å². The lowest BCUT2D eigenvalue weighted by Crippen LogP contribution is -2.26. The summed E-state index contributed by atoms with van der Waals surface area (Å²) in [5, 5.41) is 10.2. The third kappa shape index (κ3) is 2.27. The Morgan fingerprint density at radius 1 is 1.00 bits per heavy atom. The molecule has 5 nitrogen and oxygen atoms in total. The minimum absolute atomic E-state index is 0.0445. The van der Waals surface area contributed by atoms with Crippen LogP contribution < -0.4 is 4.31 Å². The molecule has 3 rings (SSSR count). The largest absolute Gasteiger partial charge is 0.506 e. The molecule has 0 saturated carbocycles. The molecule has 0 aliphatic rings. The van der Waals surface area contributed by atoms with Crippen molar-refractivity contribution in [3.05, 3.63) is 60.8 Å². The van der Waals surface area contributed by atoms with E-state index < -0.39 is 10.0 Å². The van der Waals surface area contributed by atoms with Crippen LogP contribution in [0.15, 0.2) is 65.7 Å². The third-order valence-electron chi connectivity index (χ3n) is 3.47. The molecule has 0 unspecified atom stereocenters. The minimum atomic E-state index is -3.75. The molecule has 0 amide bonds. The van der Waals surface area contributed by atoms with Crippen molar-refractivity contribution in [1.29, 1.82) is 0 Å². The predicted molar refractivity (Wildman–Crippen MR) is 85.4 cm³/mol. The normalized spacial score (nSPS) is 11.5. The van der Waals surface area contributed by atoms with Gasteiger partial charge in [0.2, 0.25) is 0 Å². The maximum absolute atomic E-state index is 12.9. The highest BCUT2D eigenvalue weighted by atomic mass is 32.2. The second-order valence-corrected chi connectivity index (χ2v) is 6.73. The lowest BCUT2D eigenvalue weighted by atomic mass is 10.2. The molecule has 0 bridgehead atoms. The van der Waals surface area contributed by atoms with Crippen molar-refractivity contribution in [2.75, 3.05) is 11.4 Å². The topological polar surface area (TPSA) is 70.5 Å². The van der Waals surface area contributed by atoms with E-state index in [4.69, 9.17) is 0 Å². The second-order valence-electron chi connectivity index (χ2n) is 4.79. The van der Waals surface area contributed by atoms with Crippen LogP contribution in [0.4, 0.5) is 5.69 Å². The Hall–Kier alpha value is -2.60. The summed E-state index contributed by atoms with van der Waals surface area (Å²) < 4.78 is 27.0. The molecule has 112 valence electrons. The van der Waals surface area contributed by atoms with Gasteiger partial charge >= 0.3 is 0 Å². The number of pyridine rings is 1. The van der Waals surface area contributed by atoms with Crippen LogP contribution in [0, 0.1) is 0 Å². The molecule has 0 aliphatic heterocycles. The summed E-state index contributed by atoms with van der Waals surface area (Å²) in [7, 11) is -2.25. The van der Waals surface area contributed by atoms with Crippen molar-refractivity contribution in [2.24, 2.45) is 0 Å². The summed E-state index contributed by atoms with van der Waals surface area (Å²) in [5.41, 5.74) is 0.831. The monoisotopic (exact) mass is 314 g/mol. The molecule has 6 heteroatoms. The van der Waals surface area contributed by atoms with E-state index in [2.05, 4.69) is 4.98 Å². The number of nitrogens with zero attached hydrogens (tertiary/aromatic N) is 2. The van der Waals surface area contributed by atoms with Gasteiger partial charge in [0.05, 0.1) is 10.6 Å². The standard InChI is InChI=1S/C16H14N2O3S/c1-18(12-6-3-2-4-7-12)22(20,21)15-10-9-14(19)16-13(15)8-5-11-17-16/h2-11,19H,1H3. The highest BCUT2D eigenvalue weighted by molar-refractivity contribution is 7.93. The molecule has 1 heterocycles. The van der Waals surface area contributed by atoms with Crippen LogP contribution in [0.1, 0.15) is 0 Å². The molecular weight excluding hydrogens is 300 g/mol. The summed E-state index contributed by atoms with van der Waals surface area (Å²) in [4.78, 5) is 4.16. The van der Waals surface area contributed by atoms with E-state index in [1.807, 2.05) is 6.07 Å². The maximum atomic E-state index is 12.9. The predicted octanol–water partition coefficient (Wildman–Crippen LogP) is 2.77. The van der Waals surface area contributed by atoms with Gasteiger partial charge in [-0.15, -0.1) is 0 Å². The van der Waals surface area contributed by atoms with E-state index in [-0.39, 0.29) is 16.2 Å². The van der Waals surface area contributed by atoms with E-state index in [9.17, 15) is 13.5 Å². The van der Waals surface area contributed by atoms with Crippen LogP contribution in [0.25, 0.3) is 10.9 Å². The Bertz CT molecular complexity index is 925. The van der Waals surface area contributed by atoms with E-state index in [1.54, 1.807) is 36.4 Å². The van der Waals surface area contributed by atoms with Crippen LogP contribution in [0.2, 0.25) is 0 Å². The Morgan fingerprint density at radius 2 is 1.73 bits per heavy atom. The molecule has 2 aromatic carbocycles. The molecule has 0 saturated heterocycles. The van der Waals surface area contributed by atoms with Crippen molar-refractivity contribution in [3.8, 4) is 5.75 Å². The summed E-state index contributed by atoms with van der Waals surface area (Å²) in [6.07, 6.45) is 1.51. The van der Waals surface area contributed by atoms with E-state index >= 15 is 0 Å². The Balaban J connectivity index is 2.20. The van der Waals surface area contributed by atoms with Gasteiger partial charge in [-0.1, -0.05) is 18.2 Å². The molecule has 0 spiro atoms. The number of sulfonamides is 1. The maximum Gasteiger partial charge on any atom is 0.264 e. The van der Waals surface area contributed by atoms with Crippen molar-refractivity contribution in [3.63, 3.8) is 0 Å². The quantitative estimate of drug-likeness (QED) is 0.807. The van der Waals surface area contributed by atoms with E-state index in [1.165, 1.54) is 29.7 Å². The number of aromatic nitrogens is 1. The number of rotatable bonds is 3. The van der Waals surface area contributed by atoms with Crippen LogP contribution in [0.3, 0.4) is 0 Å². The van der Waals surface area contributed by atoms with Gasteiger partial charge in [0.15, 0.2) is 0 Å².